The summed E-state index contributed by atoms with van der Waals surface area (Å²) in [4.78, 5) is 2.70. The van der Waals surface area contributed by atoms with Crippen LogP contribution in [-0.4, -0.2) is 5.11 Å². The van der Waals surface area contributed by atoms with E-state index in [1.54, 1.807) is 0 Å². The van der Waals surface area contributed by atoms with Crippen LogP contribution in [0.25, 0.3) is 4.98 Å². The molecule has 0 saturated carbocycles. The van der Waals surface area contributed by atoms with Crippen molar-refractivity contribution in [1.29, 1.82) is 5.39 Å². The predicted octanol–water partition coefficient (Wildman–Crippen LogP) is 2.90. The first-order valence-corrected chi connectivity index (χ1v) is 4.79. The number of aryl methyl sites for hydroxylation is 1. The number of benzene rings is 1. The highest BCUT2D eigenvalue weighted by Crippen LogP contribution is 2.34. The number of hydrogen-bond acceptors (Lipinski definition) is 3. The van der Waals surface area contributed by atoms with E-state index in [1.165, 1.54) is 5.56 Å². The molecule has 0 heterocycles. The van der Waals surface area contributed by atoms with Gasteiger partial charge < -0.3 is 9.84 Å². The molecule has 1 aromatic carbocycles. The molecule has 1 atom stereocenters. The summed E-state index contributed by atoms with van der Waals surface area (Å²) in [5, 5.41) is 17.4. The van der Waals surface area contributed by atoms with E-state index in [-0.39, 0.29) is 12.0 Å². The van der Waals surface area contributed by atoms with Crippen molar-refractivity contribution in [2.24, 2.45) is 0 Å². The number of ether oxygens (including phenoxy) is 1. The minimum absolute atomic E-state index is 0.140. The molecular formula is C11H11N2O2+. The van der Waals surface area contributed by atoms with Gasteiger partial charge in [-0.15, -0.1) is 0 Å². The standard InChI is InChI=1S/C11H10N2O2/c12-13-7-11(14)15-10-6-5-8-3-1-2-4-9(8)10/h1-4,7,10H,5-6H2/p+1/b11-7-. The summed E-state index contributed by atoms with van der Waals surface area (Å²) in [6.45, 7) is 0. The zero-order chi connectivity index (χ0) is 10.7. The van der Waals surface area contributed by atoms with Gasteiger partial charge in [0, 0.05) is 0 Å². The van der Waals surface area contributed by atoms with Crippen molar-refractivity contribution >= 4 is 0 Å². The highest BCUT2D eigenvalue weighted by molar-refractivity contribution is 5.33. The van der Waals surface area contributed by atoms with Gasteiger partial charge in [-0.3, -0.25) is 0 Å². The van der Waals surface area contributed by atoms with Gasteiger partial charge in [0.05, 0.1) is 0 Å². The smallest absolute Gasteiger partial charge is 0.429 e. The van der Waals surface area contributed by atoms with E-state index in [0.29, 0.717) is 0 Å². The summed E-state index contributed by atoms with van der Waals surface area (Å²) in [6, 6.07) is 7.96. The third-order valence-electron chi connectivity index (χ3n) is 2.51. The minimum atomic E-state index is -0.362. The molecule has 0 bridgehead atoms. The molecule has 15 heavy (non-hydrogen) atoms. The maximum atomic E-state index is 9.22. The molecule has 76 valence electrons. The minimum Gasteiger partial charge on any atom is -0.476 e. The summed E-state index contributed by atoms with van der Waals surface area (Å²) in [7, 11) is 0. The van der Waals surface area contributed by atoms with Crippen LogP contribution in [0.3, 0.4) is 0 Å². The topological polar surface area (TPSA) is 57.6 Å². The Morgan fingerprint density at radius 2 is 2.33 bits per heavy atom. The van der Waals surface area contributed by atoms with Gasteiger partial charge in [-0.2, -0.15) is 0 Å². The first-order chi connectivity index (χ1) is 7.31. The number of hydrogen-bond donors (Lipinski definition) is 1. The van der Waals surface area contributed by atoms with Crippen LogP contribution in [-0.2, 0) is 11.2 Å². The molecule has 1 N–H and O–H groups in total. The number of rotatable bonds is 2. The van der Waals surface area contributed by atoms with Crippen molar-refractivity contribution in [1.82, 2.24) is 0 Å². The van der Waals surface area contributed by atoms with Crippen molar-refractivity contribution in [3.63, 3.8) is 0 Å². The molecule has 1 aliphatic rings. The van der Waals surface area contributed by atoms with Crippen LogP contribution < -0.4 is 0 Å². The van der Waals surface area contributed by atoms with Gasteiger partial charge in [-0.05, 0) is 24.0 Å². The van der Waals surface area contributed by atoms with Crippen molar-refractivity contribution < 1.29 is 9.84 Å². The van der Waals surface area contributed by atoms with Crippen molar-refractivity contribution in [2.75, 3.05) is 0 Å². The molecule has 1 aliphatic carbocycles. The first-order valence-electron chi connectivity index (χ1n) is 4.79. The molecular weight excluding hydrogens is 192 g/mol. The zero-order valence-corrected chi connectivity index (χ0v) is 8.13. The molecule has 4 heteroatoms. The fraction of sp³-hybridized carbons (Fsp3) is 0.273. The Balaban J connectivity index is 2.15. The summed E-state index contributed by atoms with van der Waals surface area (Å²) in [6.07, 6.45) is 2.52. The maximum Gasteiger partial charge on any atom is 0.429 e. The van der Waals surface area contributed by atoms with Crippen molar-refractivity contribution in [3.05, 3.63) is 52.5 Å². The Morgan fingerprint density at radius 3 is 3.13 bits per heavy atom. The number of aliphatic hydroxyl groups is 1. The van der Waals surface area contributed by atoms with E-state index in [9.17, 15) is 5.11 Å². The number of nitrogens with zero attached hydrogens (tertiary/aromatic N) is 2. The highest BCUT2D eigenvalue weighted by atomic mass is 16.6. The lowest BCUT2D eigenvalue weighted by molar-refractivity contribution is 0.0324. The van der Waals surface area contributed by atoms with Gasteiger partial charge in [0.15, 0.2) is 4.98 Å². The molecule has 0 spiro atoms. The fourth-order valence-corrected chi connectivity index (χ4v) is 1.87. The summed E-state index contributed by atoms with van der Waals surface area (Å²) >= 11 is 0. The van der Waals surface area contributed by atoms with Crippen LogP contribution in [0.1, 0.15) is 23.7 Å². The fourth-order valence-electron chi connectivity index (χ4n) is 1.87. The Kier molecular flexibility index (Phi) is 2.55. The van der Waals surface area contributed by atoms with Crippen LogP contribution in [0.15, 0.2) is 36.4 Å². The van der Waals surface area contributed by atoms with Gasteiger partial charge in [-0.25, -0.2) is 0 Å². The third-order valence-corrected chi connectivity index (χ3v) is 2.51. The molecule has 0 radical (unpaired) electrons. The van der Waals surface area contributed by atoms with Gasteiger partial charge in [0.25, 0.3) is 0 Å². The third kappa shape index (κ3) is 1.91. The van der Waals surface area contributed by atoms with Crippen molar-refractivity contribution in [2.45, 2.75) is 18.9 Å². The van der Waals surface area contributed by atoms with Gasteiger partial charge in [0.1, 0.15) is 6.10 Å². The van der Waals surface area contributed by atoms with Crippen LogP contribution in [0.5, 0.6) is 0 Å². The monoisotopic (exact) mass is 203 g/mol. The molecule has 4 nitrogen and oxygen atoms in total. The number of fused-ring (bicyclic) bond motifs is 1. The molecule has 0 fully saturated rings. The molecule has 0 saturated heterocycles. The normalized spacial score (nSPS) is 19.4. The van der Waals surface area contributed by atoms with E-state index < -0.39 is 0 Å². The Morgan fingerprint density at radius 1 is 1.53 bits per heavy atom. The van der Waals surface area contributed by atoms with Crippen molar-refractivity contribution in [3.8, 4) is 0 Å². The van der Waals surface area contributed by atoms with Crippen LogP contribution in [0.2, 0.25) is 0 Å². The lowest BCUT2D eigenvalue weighted by Gasteiger charge is -2.11. The Hall–Kier alpha value is -2.02. The second-order valence-electron chi connectivity index (χ2n) is 3.43. The number of aliphatic hydroxyl groups excluding tert-OH is 1. The van der Waals surface area contributed by atoms with Crippen LogP contribution in [0.4, 0.5) is 0 Å². The average molecular weight is 203 g/mol. The van der Waals surface area contributed by atoms with Gasteiger partial charge in [0.2, 0.25) is 5.39 Å². The lowest BCUT2D eigenvalue weighted by atomic mass is 10.1. The zero-order valence-electron chi connectivity index (χ0n) is 8.13. The Bertz CT molecular complexity index is 434. The molecule has 2 rings (SSSR count). The van der Waals surface area contributed by atoms with Crippen LogP contribution in [0, 0.1) is 5.39 Å². The average Bonchev–Trinajstić information content (AvgIpc) is 2.62. The molecule has 0 aliphatic heterocycles. The predicted molar refractivity (Wildman–Crippen MR) is 54.4 cm³/mol. The quantitative estimate of drug-likeness (QED) is 0.593. The maximum absolute atomic E-state index is 9.22. The highest BCUT2D eigenvalue weighted by Gasteiger charge is 2.24. The largest absolute Gasteiger partial charge is 0.476 e. The molecule has 0 amide bonds. The van der Waals surface area contributed by atoms with E-state index >= 15 is 0 Å². The van der Waals surface area contributed by atoms with Gasteiger partial charge in [-0.1, -0.05) is 24.3 Å². The van der Waals surface area contributed by atoms with Gasteiger partial charge >= 0.3 is 12.1 Å². The summed E-state index contributed by atoms with van der Waals surface area (Å²) < 4.78 is 5.24. The SMILES string of the molecule is N#[N+]/C=C(/O)OC1CCc2ccccc21. The van der Waals surface area contributed by atoms with Crippen LogP contribution >= 0.6 is 0 Å². The Labute approximate surface area is 87.4 Å². The van der Waals surface area contributed by atoms with E-state index in [0.717, 1.165) is 24.6 Å². The molecule has 1 aromatic rings. The van der Waals surface area contributed by atoms with E-state index in [4.69, 9.17) is 10.1 Å². The second-order valence-corrected chi connectivity index (χ2v) is 3.43. The summed E-state index contributed by atoms with van der Waals surface area (Å²) in [5.74, 6) is -0.362. The summed E-state index contributed by atoms with van der Waals surface area (Å²) in [5.41, 5.74) is 2.34. The number of diazo groups is 1. The molecule has 0 aromatic heterocycles. The lowest BCUT2D eigenvalue weighted by Crippen LogP contribution is -1.99. The van der Waals surface area contributed by atoms with E-state index in [2.05, 4.69) is 11.0 Å². The second kappa shape index (κ2) is 4.01. The first kappa shape index (κ1) is 9.53. The molecule has 1 unspecified atom stereocenters. The van der Waals surface area contributed by atoms with E-state index in [1.807, 2.05) is 18.2 Å².